The largest absolute Gasteiger partial charge is 0.341 e. The molecule has 4 rings (SSSR count). The summed E-state index contributed by atoms with van der Waals surface area (Å²) in [5.74, 6) is 1.44. The van der Waals surface area contributed by atoms with Crippen molar-refractivity contribution < 1.29 is 4.39 Å². The highest BCUT2D eigenvalue weighted by atomic mass is 19.1. The number of nitrogens with one attached hydrogen (secondary N) is 1. The molecule has 0 bridgehead atoms. The van der Waals surface area contributed by atoms with E-state index in [-0.39, 0.29) is 5.82 Å². The molecule has 1 N–H and O–H groups in total. The molecular formula is C18H21FN6. The molecule has 1 fully saturated rings. The summed E-state index contributed by atoms with van der Waals surface area (Å²) in [5, 5.41) is 0. The quantitative estimate of drug-likeness (QED) is 0.791. The summed E-state index contributed by atoms with van der Waals surface area (Å²) in [6, 6.07) is 6.97. The summed E-state index contributed by atoms with van der Waals surface area (Å²) in [5.41, 5.74) is 1.56. The zero-order chi connectivity index (χ0) is 17.2. The van der Waals surface area contributed by atoms with E-state index >= 15 is 0 Å². The summed E-state index contributed by atoms with van der Waals surface area (Å²) in [6.45, 7) is 2.62. The van der Waals surface area contributed by atoms with Crippen molar-refractivity contribution in [1.82, 2.24) is 24.8 Å². The molecule has 0 unspecified atom stereocenters. The number of rotatable bonds is 4. The van der Waals surface area contributed by atoms with Gasteiger partial charge in [0.2, 0.25) is 5.95 Å². The van der Waals surface area contributed by atoms with Crippen LogP contribution in [0.25, 0.3) is 11.0 Å². The number of benzene rings is 1. The minimum absolute atomic E-state index is 0.244. The lowest BCUT2D eigenvalue weighted by atomic mass is 10.0. The van der Waals surface area contributed by atoms with E-state index in [9.17, 15) is 4.39 Å². The molecule has 3 aromatic rings. The molecule has 0 radical (unpaired) electrons. The Morgan fingerprint density at radius 3 is 2.76 bits per heavy atom. The van der Waals surface area contributed by atoms with Crippen LogP contribution in [-0.4, -0.2) is 51.0 Å². The predicted molar refractivity (Wildman–Crippen MR) is 94.8 cm³/mol. The van der Waals surface area contributed by atoms with Crippen LogP contribution < -0.4 is 4.90 Å². The number of aromatic nitrogens is 4. The van der Waals surface area contributed by atoms with Crippen LogP contribution in [0.1, 0.15) is 18.7 Å². The van der Waals surface area contributed by atoms with Gasteiger partial charge < -0.3 is 9.88 Å². The highest BCUT2D eigenvalue weighted by molar-refractivity contribution is 5.74. The van der Waals surface area contributed by atoms with Crippen LogP contribution in [-0.2, 0) is 6.54 Å². The van der Waals surface area contributed by atoms with Gasteiger partial charge in [-0.15, -0.1) is 0 Å². The van der Waals surface area contributed by atoms with Gasteiger partial charge in [-0.05, 0) is 44.2 Å². The van der Waals surface area contributed by atoms with E-state index in [1.807, 2.05) is 6.07 Å². The van der Waals surface area contributed by atoms with Crippen molar-refractivity contribution in [3.05, 3.63) is 48.3 Å². The van der Waals surface area contributed by atoms with E-state index in [1.165, 1.54) is 12.1 Å². The molecule has 1 saturated heterocycles. The molecule has 0 spiro atoms. The van der Waals surface area contributed by atoms with E-state index in [0.29, 0.717) is 6.04 Å². The first-order valence-electron chi connectivity index (χ1n) is 8.55. The first-order valence-corrected chi connectivity index (χ1v) is 8.55. The Balaban J connectivity index is 1.37. The smallest absolute Gasteiger partial charge is 0.225 e. The maximum Gasteiger partial charge on any atom is 0.225 e. The average molecular weight is 340 g/mol. The van der Waals surface area contributed by atoms with E-state index in [4.69, 9.17) is 0 Å². The van der Waals surface area contributed by atoms with Gasteiger partial charge in [0.1, 0.15) is 11.6 Å². The van der Waals surface area contributed by atoms with Gasteiger partial charge in [0.05, 0.1) is 17.6 Å². The fourth-order valence-corrected chi connectivity index (χ4v) is 3.44. The highest BCUT2D eigenvalue weighted by Gasteiger charge is 2.24. The predicted octanol–water partition coefficient (Wildman–Crippen LogP) is 2.59. The highest BCUT2D eigenvalue weighted by Crippen LogP contribution is 2.20. The number of hydrogen-bond donors (Lipinski definition) is 1. The van der Waals surface area contributed by atoms with E-state index in [1.54, 1.807) is 18.5 Å². The third kappa shape index (κ3) is 3.46. The van der Waals surface area contributed by atoms with Crippen LogP contribution in [0.15, 0.2) is 36.7 Å². The summed E-state index contributed by atoms with van der Waals surface area (Å²) in [4.78, 5) is 21.0. The van der Waals surface area contributed by atoms with Crippen LogP contribution in [0, 0.1) is 5.82 Å². The van der Waals surface area contributed by atoms with Gasteiger partial charge in [-0.1, -0.05) is 0 Å². The van der Waals surface area contributed by atoms with Crippen molar-refractivity contribution in [3.63, 3.8) is 0 Å². The monoisotopic (exact) mass is 340 g/mol. The summed E-state index contributed by atoms with van der Waals surface area (Å²) in [6.07, 6.45) is 5.68. The minimum atomic E-state index is -0.244. The number of fused-ring (bicyclic) bond motifs is 1. The van der Waals surface area contributed by atoms with Crippen molar-refractivity contribution in [3.8, 4) is 0 Å². The Labute approximate surface area is 145 Å². The average Bonchev–Trinajstić information content (AvgIpc) is 3.04. The van der Waals surface area contributed by atoms with Gasteiger partial charge in [0.25, 0.3) is 0 Å². The molecule has 0 aliphatic carbocycles. The number of imidazole rings is 1. The molecule has 1 aromatic carbocycles. The maximum atomic E-state index is 13.3. The Morgan fingerprint density at radius 1 is 1.24 bits per heavy atom. The molecule has 2 aromatic heterocycles. The van der Waals surface area contributed by atoms with Crippen LogP contribution in [0.4, 0.5) is 10.3 Å². The molecule has 0 amide bonds. The topological polar surface area (TPSA) is 60.9 Å². The Bertz CT molecular complexity index is 841. The number of halogens is 1. The maximum absolute atomic E-state index is 13.3. The lowest BCUT2D eigenvalue weighted by molar-refractivity contribution is 0.196. The lowest BCUT2D eigenvalue weighted by Gasteiger charge is -2.36. The van der Waals surface area contributed by atoms with Crippen molar-refractivity contribution in [2.45, 2.75) is 25.4 Å². The molecule has 6 nitrogen and oxygen atoms in total. The molecular weight excluding hydrogens is 319 g/mol. The van der Waals surface area contributed by atoms with E-state index in [2.05, 4.69) is 36.8 Å². The van der Waals surface area contributed by atoms with E-state index < -0.39 is 0 Å². The van der Waals surface area contributed by atoms with Gasteiger partial charge in [-0.25, -0.2) is 19.3 Å². The molecule has 1 aliphatic heterocycles. The molecule has 7 heteroatoms. The van der Waals surface area contributed by atoms with Gasteiger partial charge in [0, 0.05) is 31.5 Å². The number of piperidine rings is 1. The van der Waals surface area contributed by atoms with Gasteiger partial charge in [-0.2, -0.15) is 0 Å². The molecule has 0 saturated carbocycles. The molecule has 0 atom stereocenters. The van der Waals surface area contributed by atoms with Gasteiger partial charge in [-0.3, -0.25) is 4.90 Å². The van der Waals surface area contributed by atoms with Crippen LogP contribution in [0.3, 0.4) is 0 Å². The number of nitrogens with zero attached hydrogens (tertiary/aromatic N) is 5. The number of hydrogen-bond acceptors (Lipinski definition) is 5. The molecule has 1 aliphatic rings. The second kappa shape index (κ2) is 6.76. The van der Waals surface area contributed by atoms with Crippen LogP contribution in [0.2, 0.25) is 0 Å². The SMILES string of the molecule is CN(Cc1nc2ccc(F)cc2[nH]1)C1CCN(c2ncccn2)CC1. The van der Waals surface area contributed by atoms with Crippen molar-refractivity contribution in [1.29, 1.82) is 0 Å². The standard InChI is InChI=1S/C18H21FN6/c1-24(12-17-22-15-4-3-13(19)11-16(15)23-17)14-5-9-25(10-6-14)18-20-7-2-8-21-18/h2-4,7-8,11,14H,5-6,9-10,12H2,1H3,(H,22,23). The zero-order valence-corrected chi connectivity index (χ0v) is 14.2. The number of anilines is 1. The Hall–Kier alpha value is -2.54. The first kappa shape index (κ1) is 16.0. The second-order valence-electron chi connectivity index (χ2n) is 6.53. The van der Waals surface area contributed by atoms with Crippen LogP contribution >= 0.6 is 0 Å². The fourth-order valence-electron chi connectivity index (χ4n) is 3.44. The molecule has 3 heterocycles. The van der Waals surface area contributed by atoms with E-state index in [0.717, 1.165) is 55.3 Å². The second-order valence-corrected chi connectivity index (χ2v) is 6.53. The first-order chi connectivity index (χ1) is 12.2. The third-order valence-corrected chi connectivity index (χ3v) is 4.81. The molecule has 25 heavy (non-hydrogen) atoms. The normalized spacial score (nSPS) is 16.0. The lowest BCUT2D eigenvalue weighted by Crippen LogP contribution is -2.43. The van der Waals surface area contributed by atoms with Gasteiger partial charge >= 0.3 is 0 Å². The van der Waals surface area contributed by atoms with Crippen molar-refractivity contribution in [2.75, 3.05) is 25.0 Å². The van der Waals surface area contributed by atoms with Crippen molar-refractivity contribution in [2.24, 2.45) is 0 Å². The number of H-pyrrole nitrogens is 1. The summed E-state index contributed by atoms with van der Waals surface area (Å²) < 4.78 is 13.3. The van der Waals surface area contributed by atoms with Crippen molar-refractivity contribution >= 4 is 17.0 Å². The van der Waals surface area contributed by atoms with Crippen LogP contribution in [0.5, 0.6) is 0 Å². The summed E-state index contributed by atoms with van der Waals surface area (Å²) in [7, 11) is 2.12. The fraction of sp³-hybridized carbons (Fsp3) is 0.389. The minimum Gasteiger partial charge on any atom is -0.341 e. The summed E-state index contributed by atoms with van der Waals surface area (Å²) >= 11 is 0. The zero-order valence-electron chi connectivity index (χ0n) is 14.2. The molecule has 130 valence electrons. The number of aromatic amines is 1. The Morgan fingerprint density at radius 2 is 2.00 bits per heavy atom. The Kier molecular flexibility index (Phi) is 4.31. The third-order valence-electron chi connectivity index (χ3n) is 4.81. The van der Waals surface area contributed by atoms with Gasteiger partial charge in [0.15, 0.2) is 0 Å².